The second-order valence-electron chi connectivity index (χ2n) is 4.34. The van der Waals surface area contributed by atoms with Gasteiger partial charge in [0.05, 0.1) is 0 Å². The summed E-state index contributed by atoms with van der Waals surface area (Å²) < 4.78 is 0.417. The lowest BCUT2D eigenvalue weighted by Gasteiger charge is -2.20. The van der Waals surface area contributed by atoms with Gasteiger partial charge in [0.15, 0.2) is 0 Å². The second-order valence-corrected chi connectivity index (χ2v) is 6.18. The van der Waals surface area contributed by atoms with Gasteiger partial charge < -0.3 is 5.32 Å². The predicted molar refractivity (Wildman–Crippen MR) is 59.9 cm³/mol. The third-order valence-corrected chi connectivity index (χ3v) is 3.15. The van der Waals surface area contributed by atoms with Gasteiger partial charge in [-0.05, 0) is 24.8 Å². The summed E-state index contributed by atoms with van der Waals surface area (Å²) in [5, 5.41) is 3.37. The van der Waals surface area contributed by atoms with Crippen LogP contribution in [0.5, 0.6) is 0 Å². The molecule has 0 rings (SSSR count). The van der Waals surface area contributed by atoms with Crippen LogP contribution in [0.2, 0.25) is 0 Å². The SMILES string of the molecule is CCNCC(C)CSC(C)(C)C. The maximum atomic E-state index is 3.37. The van der Waals surface area contributed by atoms with Crippen molar-refractivity contribution in [2.24, 2.45) is 5.92 Å². The summed E-state index contributed by atoms with van der Waals surface area (Å²) in [6.07, 6.45) is 0. The molecule has 0 amide bonds. The number of rotatable bonds is 5. The van der Waals surface area contributed by atoms with Crippen molar-refractivity contribution in [3.05, 3.63) is 0 Å². The highest BCUT2D eigenvalue weighted by atomic mass is 32.2. The Morgan fingerprint density at radius 2 is 1.92 bits per heavy atom. The van der Waals surface area contributed by atoms with Gasteiger partial charge in [0.25, 0.3) is 0 Å². The van der Waals surface area contributed by atoms with Gasteiger partial charge in [-0.3, -0.25) is 0 Å². The molecule has 12 heavy (non-hydrogen) atoms. The number of hydrogen-bond acceptors (Lipinski definition) is 2. The van der Waals surface area contributed by atoms with E-state index in [1.54, 1.807) is 0 Å². The highest BCUT2D eigenvalue weighted by molar-refractivity contribution is 8.00. The van der Waals surface area contributed by atoms with Crippen LogP contribution in [0.25, 0.3) is 0 Å². The summed E-state index contributed by atoms with van der Waals surface area (Å²) in [6, 6.07) is 0. The predicted octanol–water partition coefficient (Wildman–Crippen LogP) is 2.76. The third kappa shape index (κ3) is 8.41. The number of thioether (sulfide) groups is 1. The number of nitrogens with one attached hydrogen (secondary N) is 1. The van der Waals surface area contributed by atoms with E-state index >= 15 is 0 Å². The minimum Gasteiger partial charge on any atom is -0.317 e. The van der Waals surface area contributed by atoms with Crippen molar-refractivity contribution in [3.63, 3.8) is 0 Å². The van der Waals surface area contributed by atoms with Crippen LogP contribution >= 0.6 is 11.8 Å². The van der Waals surface area contributed by atoms with Crippen molar-refractivity contribution in [1.82, 2.24) is 5.32 Å². The zero-order valence-electron chi connectivity index (χ0n) is 9.11. The van der Waals surface area contributed by atoms with E-state index in [1.807, 2.05) is 0 Å². The average Bonchev–Trinajstić information content (AvgIpc) is 1.95. The molecule has 0 aromatic rings. The zero-order valence-corrected chi connectivity index (χ0v) is 9.92. The molecule has 1 N–H and O–H groups in total. The van der Waals surface area contributed by atoms with Crippen molar-refractivity contribution >= 4 is 11.8 Å². The lowest BCUT2D eigenvalue weighted by molar-refractivity contribution is 0.571. The average molecular weight is 189 g/mol. The lowest BCUT2D eigenvalue weighted by Crippen LogP contribution is -2.23. The zero-order chi connectivity index (χ0) is 9.61. The Kier molecular flexibility index (Phi) is 6.02. The molecule has 0 aromatic carbocycles. The van der Waals surface area contributed by atoms with Crippen LogP contribution in [0, 0.1) is 5.92 Å². The molecule has 74 valence electrons. The monoisotopic (exact) mass is 189 g/mol. The molecule has 0 aliphatic carbocycles. The Morgan fingerprint density at radius 3 is 2.33 bits per heavy atom. The molecule has 0 aliphatic rings. The van der Waals surface area contributed by atoms with Crippen molar-refractivity contribution in [2.75, 3.05) is 18.8 Å². The van der Waals surface area contributed by atoms with Crippen molar-refractivity contribution in [3.8, 4) is 0 Å². The first kappa shape index (κ1) is 12.3. The van der Waals surface area contributed by atoms with Crippen LogP contribution in [-0.4, -0.2) is 23.6 Å². The molecule has 0 saturated carbocycles. The first-order valence-corrected chi connectivity index (χ1v) is 5.79. The highest BCUT2D eigenvalue weighted by Gasteiger charge is 2.12. The Balaban J connectivity index is 3.37. The van der Waals surface area contributed by atoms with E-state index in [0.29, 0.717) is 4.75 Å². The summed E-state index contributed by atoms with van der Waals surface area (Å²) in [4.78, 5) is 0. The van der Waals surface area contributed by atoms with Crippen LogP contribution in [0.3, 0.4) is 0 Å². The van der Waals surface area contributed by atoms with Crippen LogP contribution in [-0.2, 0) is 0 Å². The van der Waals surface area contributed by atoms with Gasteiger partial charge in [-0.25, -0.2) is 0 Å². The molecule has 0 fully saturated rings. The molecular weight excluding hydrogens is 166 g/mol. The van der Waals surface area contributed by atoms with Crippen LogP contribution in [0.4, 0.5) is 0 Å². The number of hydrogen-bond donors (Lipinski definition) is 1. The molecular formula is C10H23NS. The summed E-state index contributed by atoms with van der Waals surface area (Å²) in [5.74, 6) is 2.05. The first-order chi connectivity index (χ1) is 5.45. The molecule has 0 aliphatic heterocycles. The van der Waals surface area contributed by atoms with E-state index in [4.69, 9.17) is 0 Å². The molecule has 1 unspecified atom stereocenters. The molecule has 0 heterocycles. The van der Waals surface area contributed by atoms with E-state index in [1.165, 1.54) is 5.75 Å². The van der Waals surface area contributed by atoms with Gasteiger partial charge in [-0.1, -0.05) is 34.6 Å². The molecule has 2 heteroatoms. The quantitative estimate of drug-likeness (QED) is 0.714. The second kappa shape index (κ2) is 5.87. The Bertz CT molecular complexity index is 107. The smallest absolute Gasteiger partial charge is 0.00752 e. The summed E-state index contributed by atoms with van der Waals surface area (Å²) in [6.45, 7) is 13.5. The van der Waals surface area contributed by atoms with E-state index in [0.717, 1.165) is 19.0 Å². The minimum atomic E-state index is 0.417. The summed E-state index contributed by atoms with van der Waals surface area (Å²) >= 11 is 2.05. The van der Waals surface area contributed by atoms with Crippen LogP contribution in [0.1, 0.15) is 34.6 Å². The maximum Gasteiger partial charge on any atom is 0.00752 e. The van der Waals surface area contributed by atoms with E-state index in [-0.39, 0.29) is 0 Å². The molecule has 0 spiro atoms. The molecule has 0 radical (unpaired) electrons. The standard InChI is InChI=1S/C10H23NS/c1-6-11-7-9(2)8-12-10(3,4)5/h9,11H,6-8H2,1-5H3. The third-order valence-electron chi connectivity index (χ3n) is 1.54. The lowest BCUT2D eigenvalue weighted by atomic mass is 10.2. The summed E-state index contributed by atoms with van der Waals surface area (Å²) in [5.41, 5.74) is 0. The van der Waals surface area contributed by atoms with Gasteiger partial charge in [-0.15, -0.1) is 0 Å². The van der Waals surface area contributed by atoms with Gasteiger partial charge in [0.2, 0.25) is 0 Å². The molecule has 0 bridgehead atoms. The van der Waals surface area contributed by atoms with Crippen molar-refractivity contribution in [1.29, 1.82) is 0 Å². The minimum absolute atomic E-state index is 0.417. The Labute approximate surface area is 81.7 Å². The topological polar surface area (TPSA) is 12.0 Å². The van der Waals surface area contributed by atoms with Crippen molar-refractivity contribution in [2.45, 2.75) is 39.4 Å². The van der Waals surface area contributed by atoms with Crippen LogP contribution in [0.15, 0.2) is 0 Å². The molecule has 1 nitrogen and oxygen atoms in total. The first-order valence-electron chi connectivity index (χ1n) is 4.80. The van der Waals surface area contributed by atoms with Crippen molar-refractivity contribution < 1.29 is 0 Å². The largest absolute Gasteiger partial charge is 0.317 e. The van der Waals surface area contributed by atoms with E-state index < -0.39 is 0 Å². The Hall–Kier alpha value is 0.310. The fourth-order valence-corrected chi connectivity index (χ4v) is 1.74. The van der Waals surface area contributed by atoms with E-state index in [9.17, 15) is 0 Å². The molecule has 0 saturated heterocycles. The maximum absolute atomic E-state index is 3.37. The fraction of sp³-hybridized carbons (Fsp3) is 1.00. The van der Waals surface area contributed by atoms with Gasteiger partial charge in [0.1, 0.15) is 0 Å². The molecule has 1 atom stereocenters. The van der Waals surface area contributed by atoms with E-state index in [2.05, 4.69) is 51.7 Å². The van der Waals surface area contributed by atoms with Gasteiger partial charge in [0, 0.05) is 4.75 Å². The highest BCUT2D eigenvalue weighted by Crippen LogP contribution is 2.24. The normalized spacial score (nSPS) is 14.8. The van der Waals surface area contributed by atoms with Gasteiger partial charge >= 0.3 is 0 Å². The van der Waals surface area contributed by atoms with Gasteiger partial charge in [-0.2, -0.15) is 11.8 Å². The summed E-state index contributed by atoms with van der Waals surface area (Å²) in [7, 11) is 0. The fourth-order valence-electron chi connectivity index (χ4n) is 0.842. The Morgan fingerprint density at radius 1 is 1.33 bits per heavy atom. The molecule has 0 aromatic heterocycles. The van der Waals surface area contributed by atoms with Crippen LogP contribution < -0.4 is 5.32 Å².